The first-order valence-electron chi connectivity index (χ1n) is 4.70. The summed E-state index contributed by atoms with van der Waals surface area (Å²) in [6, 6.07) is 2.85. The number of aromatic nitrogens is 2. The highest BCUT2D eigenvalue weighted by atomic mass is 35.5. The monoisotopic (exact) mass is 303 g/mol. The molecule has 2 aromatic rings. The maximum Gasteiger partial charge on any atom is 0.360 e. The fourth-order valence-electron chi connectivity index (χ4n) is 1.35. The maximum absolute atomic E-state index is 11.5. The van der Waals surface area contributed by atoms with Gasteiger partial charge in [0.1, 0.15) is 0 Å². The Hall–Kier alpha value is -1.65. The van der Waals surface area contributed by atoms with Crippen LogP contribution in [0, 0.1) is 0 Å². The van der Waals surface area contributed by atoms with Gasteiger partial charge in [0.15, 0.2) is 0 Å². The molecule has 0 amide bonds. The van der Waals surface area contributed by atoms with E-state index >= 15 is 0 Å². The molecule has 2 rings (SSSR count). The summed E-state index contributed by atoms with van der Waals surface area (Å²) in [6.07, 6.45) is 0. The molecule has 0 aliphatic carbocycles. The van der Waals surface area contributed by atoms with Crippen LogP contribution in [0.3, 0.4) is 0 Å². The molecule has 8 nitrogen and oxygen atoms in total. The van der Waals surface area contributed by atoms with Gasteiger partial charge in [-0.05, 0) is 12.1 Å². The van der Waals surface area contributed by atoms with Crippen molar-refractivity contribution >= 4 is 40.6 Å². The number of H-pyrrole nitrogens is 1. The molecule has 0 aliphatic heterocycles. The zero-order chi connectivity index (χ0) is 14.0. The molecule has 0 saturated carbocycles. The second-order valence-electron chi connectivity index (χ2n) is 3.27. The van der Waals surface area contributed by atoms with Gasteiger partial charge >= 0.3 is 5.97 Å². The van der Waals surface area contributed by atoms with Crippen LogP contribution in [0.4, 0.5) is 0 Å². The van der Waals surface area contributed by atoms with Gasteiger partial charge in [0.25, 0.3) is 5.56 Å². The lowest BCUT2D eigenvalue weighted by molar-refractivity contribution is -0.195. The SMILES string of the molecule is NOOSc1cc2[nH]c(=O)c(C(=O)O)nc2cc1Cl. The molecule has 10 heteroatoms. The minimum Gasteiger partial charge on any atom is -0.476 e. The highest BCUT2D eigenvalue weighted by Crippen LogP contribution is 2.30. The van der Waals surface area contributed by atoms with Crippen molar-refractivity contribution in [3.8, 4) is 0 Å². The number of fused-ring (bicyclic) bond motifs is 1. The van der Waals surface area contributed by atoms with Crippen LogP contribution in [-0.2, 0) is 9.32 Å². The van der Waals surface area contributed by atoms with Crippen molar-refractivity contribution in [3.63, 3.8) is 0 Å². The fourth-order valence-corrected chi connectivity index (χ4v) is 2.02. The zero-order valence-electron chi connectivity index (χ0n) is 9.05. The molecule has 1 aromatic carbocycles. The topological polar surface area (TPSA) is 128 Å². The van der Waals surface area contributed by atoms with Gasteiger partial charge in [-0.25, -0.2) is 9.78 Å². The van der Waals surface area contributed by atoms with Crippen molar-refractivity contribution in [2.45, 2.75) is 4.90 Å². The number of benzene rings is 1. The van der Waals surface area contributed by atoms with E-state index < -0.39 is 17.2 Å². The normalized spacial score (nSPS) is 10.8. The summed E-state index contributed by atoms with van der Waals surface area (Å²) in [6.45, 7) is 0. The number of halogens is 1. The lowest BCUT2D eigenvalue weighted by atomic mass is 10.3. The van der Waals surface area contributed by atoms with Gasteiger partial charge in [-0.1, -0.05) is 11.6 Å². The van der Waals surface area contributed by atoms with E-state index in [1.165, 1.54) is 12.1 Å². The Kier molecular flexibility index (Phi) is 4.02. The van der Waals surface area contributed by atoms with Gasteiger partial charge < -0.3 is 10.1 Å². The number of nitrogens with one attached hydrogen (secondary N) is 1. The number of nitrogens with two attached hydrogens (primary N) is 1. The molecule has 0 saturated heterocycles. The average Bonchev–Trinajstić information content (AvgIpc) is 2.36. The molecule has 100 valence electrons. The third kappa shape index (κ3) is 2.85. The molecule has 0 atom stereocenters. The average molecular weight is 304 g/mol. The lowest BCUT2D eigenvalue weighted by Gasteiger charge is -2.04. The molecule has 0 bridgehead atoms. The molecule has 0 aliphatic rings. The van der Waals surface area contributed by atoms with Crippen molar-refractivity contribution in [3.05, 3.63) is 33.2 Å². The number of carboxylic acids is 1. The van der Waals surface area contributed by atoms with Crippen LogP contribution in [0.2, 0.25) is 5.02 Å². The summed E-state index contributed by atoms with van der Waals surface area (Å²) in [7, 11) is 0. The Morgan fingerprint density at radius 1 is 1.53 bits per heavy atom. The summed E-state index contributed by atoms with van der Waals surface area (Å²) in [5.41, 5.74) is -0.873. The molecule has 4 N–H and O–H groups in total. The smallest absolute Gasteiger partial charge is 0.360 e. The highest BCUT2D eigenvalue weighted by Gasteiger charge is 2.14. The molecule has 0 fully saturated rings. The number of carbonyl (C=O) groups is 1. The van der Waals surface area contributed by atoms with Crippen LogP contribution >= 0.6 is 23.6 Å². The van der Waals surface area contributed by atoms with Crippen LogP contribution in [0.15, 0.2) is 21.8 Å². The number of rotatable bonds is 4. The number of hydrogen-bond acceptors (Lipinski definition) is 7. The molecule has 1 heterocycles. The van der Waals surface area contributed by atoms with Crippen molar-refractivity contribution in [2.24, 2.45) is 5.90 Å². The minimum absolute atomic E-state index is 0.236. The van der Waals surface area contributed by atoms with Crippen LogP contribution in [0.5, 0.6) is 0 Å². The Labute approximate surface area is 114 Å². The summed E-state index contributed by atoms with van der Waals surface area (Å²) < 4.78 is 4.44. The first-order chi connectivity index (χ1) is 9.02. The Balaban J connectivity index is 2.58. The molecular formula is C9H6ClN3O5S. The van der Waals surface area contributed by atoms with Crippen molar-refractivity contribution < 1.29 is 19.2 Å². The summed E-state index contributed by atoms with van der Waals surface area (Å²) in [4.78, 5) is 32.7. The molecule has 1 aromatic heterocycles. The lowest BCUT2D eigenvalue weighted by Crippen LogP contribution is -2.19. The molecular weight excluding hydrogens is 298 g/mol. The van der Waals surface area contributed by atoms with E-state index in [1.54, 1.807) is 0 Å². The van der Waals surface area contributed by atoms with Crippen molar-refractivity contribution in [1.82, 2.24) is 9.97 Å². The van der Waals surface area contributed by atoms with Gasteiger partial charge in [-0.3, -0.25) is 4.79 Å². The highest BCUT2D eigenvalue weighted by molar-refractivity contribution is 7.94. The van der Waals surface area contributed by atoms with Gasteiger partial charge in [0.2, 0.25) is 5.69 Å². The van der Waals surface area contributed by atoms with E-state index in [1.807, 2.05) is 0 Å². The number of carboxylic acid groups (broad SMARTS) is 1. The van der Waals surface area contributed by atoms with Gasteiger partial charge in [0, 0.05) is 0 Å². The van der Waals surface area contributed by atoms with E-state index in [4.69, 9.17) is 22.6 Å². The molecule has 0 unspecified atom stereocenters. The maximum atomic E-state index is 11.5. The number of aromatic carboxylic acids is 1. The first kappa shape index (κ1) is 13.8. The third-order valence-corrected chi connectivity index (χ3v) is 3.20. The Bertz CT molecular complexity index is 704. The quantitative estimate of drug-likeness (QED) is 0.435. The molecule has 0 radical (unpaired) electrons. The van der Waals surface area contributed by atoms with E-state index in [9.17, 15) is 9.59 Å². The Morgan fingerprint density at radius 2 is 2.26 bits per heavy atom. The van der Waals surface area contributed by atoms with Gasteiger partial charge in [0.05, 0.1) is 33.0 Å². The number of hydrogen-bond donors (Lipinski definition) is 3. The predicted octanol–water partition coefficient (Wildman–Crippen LogP) is 1.10. The van der Waals surface area contributed by atoms with E-state index in [0.29, 0.717) is 10.4 Å². The van der Waals surface area contributed by atoms with Gasteiger partial charge in [-0.2, -0.15) is 5.90 Å². The zero-order valence-corrected chi connectivity index (χ0v) is 10.6. The third-order valence-electron chi connectivity index (χ3n) is 2.11. The number of nitrogens with zero attached hydrogens (tertiary/aromatic N) is 1. The standard InChI is InChI=1S/C9H6ClN3O5S/c10-3-1-4-5(2-6(3)19-18-17-11)13-8(14)7(12-4)9(15)16/h1-2H,11H2,(H,13,14)(H,15,16). The van der Waals surface area contributed by atoms with E-state index in [-0.39, 0.29) is 10.5 Å². The summed E-state index contributed by atoms with van der Waals surface area (Å²) in [5.74, 6) is 3.28. The van der Waals surface area contributed by atoms with Crippen LogP contribution < -0.4 is 11.5 Å². The van der Waals surface area contributed by atoms with Crippen LogP contribution in [0.25, 0.3) is 11.0 Å². The Morgan fingerprint density at radius 3 is 2.89 bits per heavy atom. The summed E-state index contributed by atoms with van der Waals surface area (Å²) in [5, 5.41) is 9.04. The molecule has 0 spiro atoms. The minimum atomic E-state index is -1.42. The van der Waals surface area contributed by atoms with Crippen molar-refractivity contribution in [1.29, 1.82) is 0 Å². The fraction of sp³-hybridized carbons (Fsp3) is 0. The largest absolute Gasteiger partial charge is 0.476 e. The van der Waals surface area contributed by atoms with Crippen LogP contribution in [0.1, 0.15) is 10.5 Å². The first-order valence-corrected chi connectivity index (χ1v) is 5.82. The van der Waals surface area contributed by atoms with E-state index in [2.05, 4.69) is 19.3 Å². The number of aromatic amines is 1. The van der Waals surface area contributed by atoms with Crippen molar-refractivity contribution in [2.75, 3.05) is 0 Å². The van der Waals surface area contributed by atoms with E-state index in [0.717, 1.165) is 12.0 Å². The second kappa shape index (κ2) is 5.55. The van der Waals surface area contributed by atoms with Gasteiger partial charge in [-0.15, -0.1) is 9.32 Å². The second-order valence-corrected chi connectivity index (χ2v) is 4.42. The predicted molar refractivity (Wildman–Crippen MR) is 66.5 cm³/mol. The summed E-state index contributed by atoms with van der Waals surface area (Å²) >= 11 is 6.67. The molecule has 19 heavy (non-hydrogen) atoms. The van der Waals surface area contributed by atoms with Crippen LogP contribution in [-0.4, -0.2) is 21.0 Å².